The van der Waals surface area contributed by atoms with Gasteiger partial charge in [-0.1, -0.05) is 75.4 Å². The first-order valence-electron chi connectivity index (χ1n) is 13.0. The number of halogens is 1. The lowest BCUT2D eigenvalue weighted by Crippen LogP contribution is -2.29. The lowest BCUT2D eigenvalue weighted by Gasteiger charge is -2.19. The van der Waals surface area contributed by atoms with Gasteiger partial charge in [0.25, 0.3) is 5.91 Å². The van der Waals surface area contributed by atoms with Crippen LogP contribution in [0.4, 0.5) is 0 Å². The van der Waals surface area contributed by atoms with Crippen LogP contribution < -0.4 is 9.47 Å². The number of unbranched alkanes of at least 4 members (excludes halogenated alkanes) is 2. The van der Waals surface area contributed by atoms with E-state index in [1.54, 1.807) is 18.9 Å². The lowest BCUT2D eigenvalue weighted by atomic mass is 9.87. The fraction of sp³-hybridized carbons (Fsp3) is 0.433. The molecule has 0 bridgehead atoms. The lowest BCUT2D eigenvalue weighted by molar-refractivity contribution is -0.143. The first kappa shape index (κ1) is 31.2. The zero-order valence-electron chi connectivity index (χ0n) is 23.2. The number of thiocarbonyl (C=S) groups is 1. The van der Waals surface area contributed by atoms with Crippen LogP contribution in [-0.2, 0) is 26.3 Å². The Bertz CT molecular complexity index is 1220. The van der Waals surface area contributed by atoms with Crippen molar-refractivity contribution < 1.29 is 23.8 Å². The van der Waals surface area contributed by atoms with Crippen LogP contribution in [0.25, 0.3) is 6.08 Å². The highest BCUT2D eigenvalue weighted by Gasteiger charge is 2.31. The van der Waals surface area contributed by atoms with Crippen LogP contribution >= 0.6 is 39.9 Å². The smallest absolute Gasteiger partial charge is 0.305 e. The monoisotopic (exact) mass is 633 g/mol. The Kier molecular flexibility index (Phi) is 11.4. The molecule has 0 radical (unpaired) electrons. The molecule has 0 spiro atoms. The molecule has 210 valence electrons. The summed E-state index contributed by atoms with van der Waals surface area (Å²) in [5, 5.41) is 0. The molecule has 0 saturated carbocycles. The molecular weight excluding hydrogens is 598 g/mol. The van der Waals surface area contributed by atoms with Crippen LogP contribution in [0.1, 0.15) is 70.1 Å². The number of ether oxygens (including phenoxy) is 3. The molecule has 2 aromatic carbocycles. The second-order valence-electron chi connectivity index (χ2n) is 10.2. The van der Waals surface area contributed by atoms with Crippen molar-refractivity contribution in [1.29, 1.82) is 0 Å². The van der Waals surface area contributed by atoms with Gasteiger partial charge < -0.3 is 14.2 Å². The molecule has 0 atom stereocenters. The molecule has 0 unspecified atom stereocenters. The van der Waals surface area contributed by atoms with Gasteiger partial charge in [-0.2, -0.15) is 0 Å². The van der Waals surface area contributed by atoms with E-state index in [1.807, 2.05) is 18.2 Å². The van der Waals surface area contributed by atoms with Crippen molar-refractivity contribution in [2.75, 3.05) is 20.3 Å². The first-order chi connectivity index (χ1) is 18.5. The number of carbonyl (C=O) groups is 2. The quantitative estimate of drug-likeness (QED) is 0.103. The number of hydrogen-bond donors (Lipinski definition) is 0. The normalized spacial score (nSPS) is 14.7. The molecule has 6 nitrogen and oxygen atoms in total. The highest BCUT2D eigenvalue weighted by Crippen LogP contribution is 2.39. The Morgan fingerprint density at radius 1 is 1.13 bits per heavy atom. The maximum Gasteiger partial charge on any atom is 0.305 e. The summed E-state index contributed by atoms with van der Waals surface area (Å²) in [6.07, 6.45) is 4.53. The van der Waals surface area contributed by atoms with Gasteiger partial charge in [-0.05, 0) is 76.0 Å². The number of carbonyl (C=O) groups excluding carboxylic acids is 2. The molecule has 1 aliphatic heterocycles. The summed E-state index contributed by atoms with van der Waals surface area (Å²) in [5.74, 6) is 0.882. The van der Waals surface area contributed by atoms with Crippen molar-refractivity contribution in [3.8, 4) is 11.5 Å². The van der Waals surface area contributed by atoms with E-state index in [0.717, 1.165) is 34.9 Å². The number of benzene rings is 2. The molecule has 1 amide bonds. The average Bonchev–Trinajstić information content (AvgIpc) is 3.14. The minimum Gasteiger partial charge on any atom is -0.493 e. The highest BCUT2D eigenvalue weighted by atomic mass is 79.9. The van der Waals surface area contributed by atoms with Gasteiger partial charge in [0.05, 0.1) is 23.1 Å². The zero-order valence-corrected chi connectivity index (χ0v) is 26.4. The van der Waals surface area contributed by atoms with E-state index in [-0.39, 0.29) is 17.3 Å². The fourth-order valence-corrected chi connectivity index (χ4v) is 5.90. The molecule has 1 heterocycles. The third-order valence-corrected chi connectivity index (χ3v) is 8.16. The molecule has 39 heavy (non-hydrogen) atoms. The van der Waals surface area contributed by atoms with Gasteiger partial charge in [-0.25, -0.2) is 0 Å². The number of nitrogens with zero attached hydrogens (tertiary/aromatic N) is 1. The summed E-state index contributed by atoms with van der Waals surface area (Å²) in [6, 6.07) is 12.2. The van der Waals surface area contributed by atoms with Gasteiger partial charge in [0.15, 0.2) is 11.5 Å². The third-order valence-electron chi connectivity index (χ3n) is 6.19. The molecular formula is C30H36BrNO5S2. The van der Waals surface area contributed by atoms with E-state index >= 15 is 0 Å². The minimum absolute atomic E-state index is 0.0983. The van der Waals surface area contributed by atoms with Crippen molar-refractivity contribution in [2.24, 2.45) is 0 Å². The molecule has 1 aliphatic rings. The Balaban J connectivity index is 1.63. The van der Waals surface area contributed by atoms with E-state index in [0.29, 0.717) is 46.9 Å². The van der Waals surface area contributed by atoms with Crippen molar-refractivity contribution in [3.05, 3.63) is 62.5 Å². The predicted molar refractivity (Wildman–Crippen MR) is 165 cm³/mol. The van der Waals surface area contributed by atoms with Gasteiger partial charge >= 0.3 is 5.97 Å². The van der Waals surface area contributed by atoms with Crippen LogP contribution in [0.2, 0.25) is 0 Å². The van der Waals surface area contributed by atoms with Gasteiger partial charge in [-0.15, -0.1) is 0 Å². The Hall–Kier alpha value is -2.36. The molecule has 0 aromatic heterocycles. The summed E-state index contributed by atoms with van der Waals surface area (Å²) in [7, 11) is 1.60. The van der Waals surface area contributed by atoms with E-state index in [2.05, 4.69) is 61.0 Å². The minimum atomic E-state index is -0.182. The van der Waals surface area contributed by atoms with Gasteiger partial charge in [-0.3, -0.25) is 14.5 Å². The van der Waals surface area contributed by atoms with Crippen LogP contribution in [0, 0.1) is 0 Å². The summed E-state index contributed by atoms with van der Waals surface area (Å²) in [4.78, 5) is 26.7. The summed E-state index contributed by atoms with van der Waals surface area (Å²) >= 11 is 10.4. The topological polar surface area (TPSA) is 65.1 Å². The maximum atomic E-state index is 13.0. The standard InChI is InChI=1S/C30H36BrNO5S2/c1-6-36-26(33)10-8-7-9-15-32-28(34)25(39-29(32)38)18-21-16-23(31)27(24(17-21)35-5)37-19-20-11-13-22(14-12-20)30(2,3)4/h11-14,16-18H,6-10,15,19H2,1-5H3/b25-18+. The van der Waals surface area contributed by atoms with E-state index in [4.69, 9.17) is 26.4 Å². The first-order valence-corrected chi connectivity index (χ1v) is 15.1. The average molecular weight is 635 g/mol. The zero-order chi connectivity index (χ0) is 28.6. The highest BCUT2D eigenvalue weighted by molar-refractivity contribution is 9.10. The second-order valence-corrected chi connectivity index (χ2v) is 12.7. The number of methoxy groups -OCH3 is 1. The summed E-state index contributed by atoms with van der Waals surface area (Å²) < 4.78 is 18.0. The SMILES string of the molecule is CCOC(=O)CCCCCN1C(=O)/C(=C\c2cc(Br)c(OCc3ccc(C(C)(C)C)cc3)c(OC)c2)SC1=S. The van der Waals surface area contributed by atoms with Crippen molar-refractivity contribution in [2.45, 2.75) is 65.4 Å². The summed E-state index contributed by atoms with van der Waals surface area (Å²) in [6.45, 7) is 9.70. The molecule has 9 heteroatoms. The molecule has 3 rings (SSSR count). The van der Waals surface area contributed by atoms with Crippen LogP contribution in [-0.4, -0.2) is 41.4 Å². The molecule has 1 saturated heterocycles. The Morgan fingerprint density at radius 2 is 1.85 bits per heavy atom. The van der Waals surface area contributed by atoms with E-state index in [1.165, 1.54) is 17.3 Å². The number of esters is 1. The Labute approximate surface area is 249 Å². The van der Waals surface area contributed by atoms with Gasteiger partial charge in [0.2, 0.25) is 0 Å². The number of hydrogen-bond acceptors (Lipinski definition) is 7. The van der Waals surface area contributed by atoms with Crippen LogP contribution in [0.5, 0.6) is 11.5 Å². The molecule has 0 aliphatic carbocycles. The summed E-state index contributed by atoms with van der Waals surface area (Å²) in [5.41, 5.74) is 3.23. The number of amides is 1. The van der Waals surface area contributed by atoms with E-state index < -0.39 is 0 Å². The number of rotatable bonds is 12. The van der Waals surface area contributed by atoms with Crippen molar-refractivity contribution >= 4 is 62.2 Å². The maximum absolute atomic E-state index is 13.0. The van der Waals surface area contributed by atoms with Crippen LogP contribution in [0.3, 0.4) is 0 Å². The van der Waals surface area contributed by atoms with E-state index in [9.17, 15) is 9.59 Å². The van der Waals surface area contributed by atoms with Crippen LogP contribution in [0.15, 0.2) is 45.8 Å². The second kappa shape index (κ2) is 14.3. The Morgan fingerprint density at radius 3 is 2.49 bits per heavy atom. The largest absolute Gasteiger partial charge is 0.493 e. The van der Waals surface area contributed by atoms with Crippen molar-refractivity contribution in [3.63, 3.8) is 0 Å². The van der Waals surface area contributed by atoms with Crippen molar-refractivity contribution in [1.82, 2.24) is 4.90 Å². The molecule has 2 aromatic rings. The van der Waals surface area contributed by atoms with Gasteiger partial charge in [0.1, 0.15) is 10.9 Å². The molecule has 1 fully saturated rings. The third kappa shape index (κ3) is 8.82. The predicted octanol–water partition coefficient (Wildman–Crippen LogP) is 7.66. The molecule has 0 N–H and O–H groups in total. The van der Waals surface area contributed by atoms with Gasteiger partial charge in [0, 0.05) is 13.0 Å². The fourth-order valence-electron chi connectivity index (χ4n) is 4.01. The number of thioether (sulfide) groups is 1.